The third-order valence-electron chi connectivity index (χ3n) is 3.90. The highest BCUT2D eigenvalue weighted by Crippen LogP contribution is 2.33. The minimum atomic E-state index is -0.451. The van der Waals surface area contributed by atoms with Gasteiger partial charge in [0.15, 0.2) is 0 Å². The molecular formula is C17H14BrN3O3. The number of carbonyl (C=O) groups is 1. The number of nitro groups is 1. The summed E-state index contributed by atoms with van der Waals surface area (Å²) in [6.45, 7) is 3.67. The molecule has 2 aromatic rings. The molecular weight excluding hydrogens is 374 g/mol. The maximum Gasteiger partial charge on any atom is 0.275 e. The zero-order valence-corrected chi connectivity index (χ0v) is 14.7. The fourth-order valence-corrected chi connectivity index (χ4v) is 3.18. The number of rotatable bonds is 3. The molecule has 0 saturated carbocycles. The first-order valence-electron chi connectivity index (χ1n) is 7.38. The summed E-state index contributed by atoms with van der Waals surface area (Å²) in [6.07, 6.45) is 0.769. The summed E-state index contributed by atoms with van der Waals surface area (Å²) < 4.78 is 0.859. The van der Waals surface area contributed by atoms with E-state index in [1.807, 2.05) is 19.1 Å². The maximum absolute atomic E-state index is 12.3. The van der Waals surface area contributed by atoms with Gasteiger partial charge < -0.3 is 5.32 Å². The van der Waals surface area contributed by atoms with Crippen molar-refractivity contribution >= 4 is 44.6 Å². The largest absolute Gasteiger partial charge is 0.320 e. The molecule has 0 unspecified atom stereocenters. The van der Waals surface area contributed by atoms with Crippen molar-refractivity contribution in [3.63, 3.8) is 0 Å². The molecule has 7 heteroatoms. The minimum absolute atomic E-state index is 0.0148. The smallest absolute Gasteiger partial charge is 0.275 e. The number of carbonyl (C=O) groups excluding carboxylic acids is 1. The molecule has 0 spiro atoms. The number of benzene rings is 2. The Kier molecular flexibility index (Phi) is 4.19. The summed E-state index contributed by atoms with van der Waals surface area (Å²) in [5.41, 5.74) is 3.64. The topological polar surface area (TPSA) is 84.6 Å². The molecule has 1 amide bonds. The van der Waals surface area contributed by atoms with Crippen LogP contribution in [0.15, 0.2) is 39.8 Å². The van der Waals surface area contributed by atoms with Crippen LogP contribution in [0.25, 0.3) is 0 Å². The average Bonchev–Trinajstić information content (AvgIpc) is 2.84. The number of aliphatic imine (C=N–C) groups is 1. The number of aryl methyl sites for hydroxylation is 2. The number of nitro benzene ring substituents is 1. The number of amides is 1. The van der Waals surface area contributed by atoms with E-state index in [1.54, 1.807) is 19.1 Å². The molecule has 1 aliphatic heterocycles. The van der Waals surface area contributed by atoms with Gasteiger partial charge in [0.05, 0.1) is 16.3 Å². The predicted octanol–water partition coefficient (Wildman–Crippen LogP) is 4.30. The van der Waals surface area contributed by atoms with Gasteiger partial charge in [-0.3, -0.25) is 14.9 Å². The normalized spacial score (nSPS) is 14.6. The van der Waals surface area contributed by atoms with Crippen LogP contribution in [0.1, 0.15) is 23.6 Å². The van der Waals surface area contributed by atoms with E-state index in [4.69, 9.17) is 0 Å². The van der Waals surface area contributed by atoms with Crippen LogP contribution in [-0.2, 0) is 11.2 Å². The Morgan fingerprint density at radius 3 is 2.71 bits per heavy atom. The van der Waals surface area contributed by atoms with Gasteiger partial charge in [-0.15, -0.1) is 0 Å². The zero-order valence-electron chi connectivity index (χ0n) is 13.1. The van der Waals surface area contributed by atoms with E-state index >= 15 is 0 Å². The van der Waals surface area contributed by atoms with E-state index < -0.39 is 4.92 Å². The molecule has 0 bridgehead atoms. The summed E-state index contributed by atoms with van der Waals surface area (Å²) in [5, 5.41) is 13.9. The molecule has 1 heterocycles. The summed E-state index contributed by atoms with van der Waals surface area (Å²) in [6, 6.07) is 8.46. The van der Waals surface area contributed by atoms with Gasteiger partial charge in [0.1, 0.15) is 5.71 Å². The van der Waals surface area contributed by atoms with Crippen molar-refractivity contribution in [2.75, 3.05) is 5.32 Å². The first-order chi connectivity index (χ1) is 11.4. The molecule has 2 aromatic carbocycles. The Morgan fingerprint density at radius 2 is 2.04 bits per heavy atom. The van der Waals surface area contributed by atoms with Gasteiger partial charge in [0.25, 0.3) is 11.6 Å². The summed E-state index contributed by atoms with van der Waals surface area (Å²) in [5.74, 6) is -0.305. The van der Waals surface area contributed by atoms with E-state index in [2.05, 4.69) is 26.2 Å². The molecule has 0 atom stereocenters. The summed E-state index contributed by atoms with van der Waals surface area (Å²) in [7, 11) is 0. The summed E-state index contributed by atoms with van der Waals surface area (Å²) in [4.78, 5) is 27.3. The molecule has 0 saturated heterocycles. The Morgan fingerprint density at radius 1 is 1.29 bits per heavy atom. The van der Waals surface area contributed by atoms with E-state index in [0.717, 1.165) is 22.1 Å². The highest BCUT2D eigenvalue weighted by Gasteiger charge is 2.28. The fraction of sp³-hybridized carbons (Fsp3) is 0.176. The van der Waals surface area contributed by atoms with Gasteiger partial charge in [-0.05, 0) is 37.1 Å². The second-order valence-electron chi connectivity index (χ2n) is 5.48. The number of nitrogens with zero attached hydrogens (tertiary/aromatic N) is 2. The zero-order chi connectivity index (χ0) is 17.4. The fourth-order valence-electron chi connectivity index (χ4n) is 2.68. The van der Waals surface area contributed by atoms with Crippen LogP contribution in [0.3, 0.4) is 0 Å². The first kappa shape index (κ1) is 16.3. The second kappa shape index (κ2) is 6.16. The lowest BCUT2D eigenvalue weighted by atomic mass is 10.0. The molecule has 6 nitrogen and oxygen atoms in total. The van der Waals surface area contributed by atoms with Crippen molar-refractivity contribution < 1.29 is 9.72 Å². The molecule has 3 rings (SSSR count). The third-order valence-corrected chi connectivity index (χ3v) is 4.36. The van der Waals surface area contributed by atoms with E-state index in [9.17, 15) is 14.9 Å². The molecule has 1 aliphatic rings. The molecule has 0 fully saturated rings. The van der Waals surface area contributed by atoms with Gasteiger partial charge in [0, 0.05) is 21.7 Å². The van der Waals surface area contributed by atoms with E-state index in [1.165, 1.54) is 6.07 Å². The molecule has 0 aromatic heterocycles. The number of hydrogen-bond acceptors (Lipinski definition) is 4. The van der Waals surface area contributed by atoms with Crippen LogP contribution in [0, 0.1) is 17.0 Å². The SMILES string of the molecule is CCc1cc(Br)cc2c1NC(=O)C2=Nc1ccc(C)c([N+](=O)[O-])c1. The van der Waals surface area contributed by atoms with Crippen molar-refractivity contribution in [2.45, 2.75) is 20.3 Å². The summed E-state index contributed by atoms with van der Waals surface area (Å²) >= 11 is 3.45. The quantitative estimate of drug-likeness (QED) is 0.629. The lowest BCUT2D eigenvalue weighted by molar-refractivity contribution is -0.385. The number of hydrogen-bond donors (Lipinski definition) is 1. The number of anilines is 1. The Balaban J connectivity index is 2.14. The molecule has 122 valence electrons. The number of fused-ring (bicyclic) bond motifs is 1. The molecule has 0 radical (unpaired) electrons. The van der Waals surface area contributed by atoms with Crippen LogP contribution in [0.4, 0.5) is 17.1 Å². The van der Waals surface area contributed by atoms with Gasteiger partial charge in [-0.1, -0.05) is 28.9 Å². The van der Waals surface area contributed by atoms with Crippen LogP contribution in [0.2, 0.25) is 0 Å². The Bertz CT molecular complexity index is 906. The second-order valence-corrected chi connectivity index (χ2v) is 6.40. The van der Waals surface area contributed by atoms with Crippen molar-refractivity contribution in [1.82, 2.24) is 0 Å². The van der Waals surface area contributed by atoms with Gasteiger partial charge in [0.2, 0.25) is 0 Å². The molecule has 1 N–H and O–H groups in total. The number of nitrogens with one attached hydrogen (secondary N) is 1. The van der Waals surface area contributed by atoms with E-state index in [0.29, 0.717) is 16.8 Å². The first-order valence-corrected chi connectivity index (χ1v) is 8.18. The van der Waals surface area contributed by atoms with Crippen molar-refractivity contribution in [3.8, 4) is 0 Å². The molecule has 0 aliphatic carbocycles. The minimum Gasteiger partial charge on any atom is -0.320 e. The highest BCUT2D eigenvalue weighted by atomic mass is 79.9. The van der Waals surface area contributed by atoms with Crippen LogP contribution < -0.4 is 5.32 Å². The van der Waals surface area contributed by atoms with Crippen molar-refractivity contribution in [3.05, 3.63) is 61.6 Å². The third kappa shape index (κ3) is 2.82. The predicted molar refractivity (Wildman–Crippen MR) is 96.2 cm³/mol. The van der Waals surface area contributed by atoms with Gasteiger partial charge in [-0.25, -0.2) is 4.99 Å². The van der Waals surface area contributed by atoms with Crippen molar-refractivity contribution in [2.24, 2.45) is 4.99 Å². The van der Waals surface area contributed by atoms with Crippen molar-refractivity contribution in [1.29, 1.82) is 0 Å². The lowest BCUT2D eigenvalue weighted by Crippen LogP contribution is -2.14. The monoisotopic (exact) mass is 387 g/mol. The number of halogens is 1. The average molecular weight is 388 g/mol. The van der Waals surface area contributed by atoms with Crippen LogP contribution >= 0.6 is 15.9 Å². The van der Waals surface area contributed by atoms with Gasteiger partial charge in [-0.2, -0.15) is 0 Å². The van der Waals surface area contributed by atoms with Crippen LogP contribution in [-0.4, -0.2) is 16.5 Å². The van der Waals surface area contributed by atoms with Gasteiger partial charge >= 0.3 is 0 Å². The lowest BCUT2D eigenvalue weighted by Gasteiger charge is -2.06. The standard InChI is InChI=1S/C17H14BrN3O3/c1-3-10-6-11(18)7-13-15(10)20-17(22)16(13)19-12-5-4-9(2)14(8-12)21(23)24/h4-8H,3H2,1-2H3,(H,19,20,22). The molecule has 24 heavy (non-hydrogen) atoms. The Labute approximate surface area is 146 Å². The maximum atomic E-state index is 12.3. The Hall–Kier alpha value is -2.54. The van der Waals surface area contributed by atoms with E-state index in [-0.39, 0.29) is 17.3 Å². The van der Waals surface area contributed by atoms with Crippen LogP contribution in [0.5, 0.6) is 0 Å². The highest BCUT2D eigenvalue weighted by molar-refractivity contribution is 9.10.